The van der Waals surface area contributed by atoms with Gasteiger partial charge in [-0.05, 0) is 30.7 Å². The molecular formula is C12H13N3. The van der Waals surface area contributed by atoms with E-state index in [1.807, 2.05) is 23.1 Å². The van der Waals surface area contributed by atoms with Gasteiger partial charge in [-0.25, -0.2) is 4.68 Å². The zero-order chi connectivity index (χ0) is 10.1. The van der Waals surface area contributed by atoms with E-state index in [1.165, 1.54) is 17.7 Å². The van der Waals surface area contributed by atoms with Crippen LogP contribution >= 0.6 is 0 Å². The molecule has 0 amide bonds. The van der Waals surface area contributed by atoms with E-state index < -0.39 is 0 Å². The highest BCUT2D eigenvalue weighted by Gasteiger charge is 2.21. The van der Waals surface area contributed by atoms with E-state index in [4.69, 9.17) is 0 Å². The summed E-state index contributed by atoms with van der Waals surface area (Å²) in [5.74, 6) is 0. The zero-order valence-corrected chi connectivity index (χ0v) is 8.43. The minimum absolute atomic E-state index is 0.505. The predicted molar refractivity (Wildman–Crippen MR) is 58.9 cm³/mol. The van der Waals surface area contributed by atoms with Gasteiger partial charge in [-0.3, -0.25) is 0 Å². The first-order valence-corrected chi connectivity index (χ1v) is 5.27. The van der Waals surface area contributed by atoms with E-state index in [0.717, 1.165) is 6.54 Å². The Morgan fingerprint density at radius 1 is 1.27 bits per heavy atom. The molecule has 1 atom stereocenters. The van der Waals surface area contributed by atoms with Crippen LogP contribution in [0.2, 0.25) is 0 Å². The molecule has 1 saturated heterocycles. The molecule has 3 nitrogen and oxygen atoms in total. The van der Waals surface area contributed by atoms with Crippen LogP contribution < -0.4 is 5.32 Å². The molecule has 15 heavy (non-hydrogen) atoms. The van der Waals surface area contributed by atoms with Crippen LogP contribution in [0.5, 0.6) is 0 Å². The maximum Gasteiger partial charge on any atom is 0.0693 e. The Balaban J connectivity index is 2.06. The van der Waals surface area contributed by atoms with Crippen LogP contribution in [0.15, 0.2) is 42.7 Å². The first-order chi connectivity index (χ1) is 7.45. The number of aromatic nitrogens is 2. The Hall–Kier alpha value is -1.61. The molecule has 2 heterocycles. The van der Waals surface area contributed by atoms with Crippen molar-refractivity contribution in [1.29, 1.82) is 0 Å². The normalized spacial score (nSPS) is 19.9. The number of benzene rings is 1. The topological polar surface area (TPSA) is 29.9 Å². The summed E-state index contributed by atoms with van der Waals surface area (Å²) in [5.41, 5.74) is 2.52. The van der Waals surface area contributed by atoms with Crippen molar-refractivity contribution in [2.75, 3.05) is 6.54 Å². The quantitative estimate of drug-likeness (QED) is 0.800. The Kier molecular flexibility index (Phi) is 2.03. The summed E-state index contributed by atoms with van der Waals surface area (Å²) in [4.78, 5) is 0. The molecule has 1 aromatic heterocycles. The van der Waals surface area contributed by atoms with E-state index in [1.54, 1.807) is 0 Å². The van der Waals surface area contributed by atoms with Crippen LogP contribution in [-0.4, -0.2) is 16.3 Å². The summed E-state index contributed by atoms with van der Waals surface area (Å²) in [6.45, 7) is 1.12. The first kappa shape index (κ1) is 8.68. The lowest BCUT2D eigenvalue weighted by molar-refractivity contribution is 0.382. The highest BCUT2D eigenvalue weighted by Crippen LogP contribution is 2.27. The van der Waals surface area contributed by atoms with Gasteiger partial charge in [0.15, 0.2) is 0 Å². The third-order valence-corrected chi connectivity index (χ3v) is 2.89. The number of rotatable bonds is 2. The first-order valence-electron chi connectivity index (χ1n) is 5.27. The summed E-state index contributed by atoms with van der Waals surface area (Å²) in [6, 6.07) is 10.9. The highest BCUT2D eigenvalue weighted by atomic mass is 15.3. The van der Waals surface area contributed by atoms with Crippen molar-refractivity contribution in [3.05, 3.63) is 48.3 Å². The molecule has 76 valence electrons. The van der Waals surface area contributed by atoms with Crippen molar-refractivity contribution < 1.29 is 0 Å². The number of para-hydroxylation sites is 1. The lowest BCUT2D eigenvalue weighted by atomic mass is 9.96. The van der Waals surface area contributed by atoms with E-state index in [2.05, 4.69) is 34.7 Å². The lowest BCUT2D eigenvalue weighted by Crippen LogP contribution is -2.35. The van der Waals surface area contributed by atoms with Gasteiger partial charge >= 0.3 is 0 Å². The minimum Gasteiger partial charge on any atom is -0.310 e. The molecule has 3 rings (SSSR count). The molecule has 1 fully saturated rings. The van der Waals surface area contributed by atoms with Gasteiger partial charge in [0.1, 0.15) is 0 Å². The fourth-order valence-corrected chi connectivity index (χ4v) is 1.96. The molecule has 3 heteroatoms. The predicted octanol–water partition coefficient (Wildman–Crippen LogP) is 1.91. The number of nitrogens with one attached hydrogen (secondary N) is 1. The van der Waals surface area contributed by atoms with Crippen LogP contribution in [0.25, 0.3) is 5.69 Å². The van der Waals surface area contributed by atoms with Gasteiger partial charge in [0.05, 0.1) is 5.69 Å². The van der Waals surface area contributed by atoms with Crippen molar-refractivity contribution in [1.82, 2.24) is 15.1 Å². The molecule has 1 aliphatic heterocycles. The van der Waals surface area contributed by atoms with Crippen LogP contribution in [0, 0.1) is 0 Å². The lowest BCUT2D eigenvalue weighted by Gasteiger charge is -2.29. The molecule has 1 aromatic carbocycles. The van der Waals surface area contributed by atoms with E-state index in [0.29, 0.717) is 6.04 Å². The SMILES string of the molecule is c1ccc(-n2cccn2)c(C2CCN2)c1. The molecule has 0 aliphatic carbocycles. The molecule has 0 radical (unpaired) electrons. The second-order valence-electron chi connectivity index (χ2n) is 3.80. The molecule has 0 spiro atoms. The Labute approximate surface area is 88.7 Å². The smallest absolute Gasteiger partial charge is 0.0693 e. The summed E-state index contributed by atoms with van der Waals surface area (Å²) in [6.07, 6.45) is 5.01. The van der Waals surface area contributed by atoms with Crippen molar-refractivity contribution in [2.24, 2.45) is 0 Å². The third kappa shape index (κ3) is 1.45. The Morgan fingerprint density at radius 2 is 2.13 bits per heavy atom. The molecule has 1 unspecified atom stereocenters. The summed E-state index contributed by atoms with van der Waals surface area (Å²) in [7, 11) is 0. The largest absolute Gasteiger partial charge is 0.310 e. The molecule has 1 aliphatic rings. The van der Waals surface area contributed by atoms with E-state index >= 15 is 0 Å². The van der Waals surface area contributed by atoms with Crippen LogP contribution in [0.4, 0.5) is 0 Å². The molecular weight excluding hydrogens is 186 g/mol. The standard InChI is InChI=1S/C12H13N3/c1-2-5-12(15-9-3-7-14-15)10(4-1)11-6-8-13-11/h1-5,7,9,11,13H,6,8H2. The average molecular weight is 199 g/mol. The summed E-state index contributed by atoms with van der Waals surface area (Å²) < 4.78 is 1.93. The van der Waals surface area contributed by atoms with Gasteiger partial charge in [0.25, 0.3) is 0 Å². The molecule has 0 bridgehead atoms. The summed E-state index contributed by atoms with van der Waals surface area (Å²) >= 11 is 0. The number of hydrogen-bond acceptors (Lipinski definition) is 2. The van der Waals surface area contributed by atoms with Crippen molar-refractivity contribution in [3.63, 3.8) is 0 Å². The highest BCUT2D eigenvalue weighted by molar-refractivity contribution is 5.43. The molecule has 2 aromatic rings. The van der Waals surface area contributed by atoms with Crippen molar-refractivity contribution >= 4 is 0 Å². The van der Waals surface area contributed by atoms with Gasteiger partial charge in [-0.2, -0.15) is 5.10 Å². The molecule has 1 N–H and O–H groups in total. The summed E-state index contributed by atoms with van der Waals surface area (Å²) in [5, 5.41) is 7.70. The minimum atomic E-state index is 0.505. The van der Waals surface area contributed by atoms with Gasteiger partial charge in [0.2, 0.25) is 0 Å². The molecule has 0 saturated carbocycles. The fraction of sp³-hybridized carbons (Fsp3) is 0.250. The van der Waals surface area contributed by atoms with Crippen molar-refractivity contribution in [3.8, 4) is 5.69 Å². The van der Waals surface area contributed by atoms with Crippen LogP contribution in [0.3, 0.4) is 0 Å². The second-order valence-corrected chi connectivity index (χ2v) is 3.80. The number of nitrogens with zero attached hydrogens (tertiary/aromatic N) is 2. The average Bonchev–Trinajstić information content (AvgIpc) is 2.69. The van der Waals surface area contributed by atoms with Gasteiger partial charge < -0.3 is 5.32 Å². The van der Waals surface area contributed by atoms with Crippen molar-refractivity contribution in [2.45, 2.75) is 12.5 Å². The Bertz CT molecular complexity index is 444. The second kappa shape index (κ2) is 3.51. The van der Waals surface area contributed by atoms with E-state index in [-0.39, 0.29) is 0 Å². The van der Waals surface area contributed by atoms with Gasteiger partial charge in [-0.1, -0.05) is 18.2 Å². The number of hydrogen-bond donors (Lipinski definition) is 1. The third-order valence-electron chi connectivity index (χ3n) is 2.89. The zero-order valence-electron chi connectivity index (χ0n) is 8.43. The van der Waals surface area contributed by atoms with Crippen LogP contribution in [0.1, 0.15) is 18.0 Å². The Morgan fingerprint density at radius 3 is 2.80 bits per heavy atom. The van der Waals surface area contributed by atoms with E-state index in [9.17, 15) is 0 Å². The maximum absolute atomic E-state index is 4.28. The van der Waals surface area contributed by atoms with Gasteiger partial charge in [-0.15, -0.1) is 0 Å². The maximum atomic E-state index is 4.28. The van der Waals surface area contributed by atoms with Crippen LogP contribution in [-0.2, 0) is 0 Å². The monoisotopic (exact) mass is 199 g/mol. The van der Waals surface area contributed by atoms with Gasteiger partial charge in [0, 0.05) is 18.4 Å². The fourth-order valence-electron chi connectivity index (χ4n) is 1.96.